The molecule has 0 aromatic carbocycles. The topological polar surface area (TPSA) is 169 Å². The van der Waals surface area contributed by atoms with Gasteiger partial charge in [0.1, 0.15) is 18.3 Å². The Kier molecular flexibility index (Phi) is 3.58. The summed E-state index contributed by atoms with van der Waals surface area (Å²) in [5.74, 6) is 5.98. The molecule has 11 heteroatoms. The molecule has 0 radical (unpaired) electrons. The summed E-state index contributed by atoms with van der Waals surface area (Å²) >= 11 is 0. The molecule has 2 aromatic rings. The van der Waals surface area contributed by atoms with E-state index in [-0.39, 0.29) is 5.95 Å². The highest BCUT2D eigenvalue weighted by molar-refractivity contribution is 5.84. The van der Waals surface area contributed by atoms with Crippen LogP contribution in [0.4, 0.5) is 11.8 Å². The fourth-order valence-corrected chi connectivity index (χ4v) is 2.46. The van der Waals surface area contributed by atoms with Crippen LogP contribution in [0.3, 0.4) is 0 Å². The van der Waals surface area contributed by atoms with Crippen LogP contribution in [0.1, 0.15) is 6.23 Å². The highest BCUT2D eigenvalue weighted by atomic mass is 16.6. The average Bonchev–Trinajstić information content (AvgIpc) is 3.00. The van der Waals surface area contributed by atoms with Crippen molar-refractivity contribution in [2.24, 2.45) is 5.84 Å². The maximum absolute atomic E-state index is 10.1. The van der Waals surface area contributed by atoms with Crippen LogP contribution < -0.4 is 16.6 Å². The van der Waals surface area contributed by atoms with E-state index in [1.165, 1.54) is 15.9 Å². The second kappa shape index (κ2) is 5.30. The zero-order valence-electron chi connectivity index (χ0n) is 11.7. The molecule has 22 heavy (non-hydrogen) atoms. The molecule has 11 nitrogen and oxygen atoms in total. The number of hydrazine groups is 1. The average molecular weight is 311 g/mol. The van der Waals surface area contributed by atoms with Crippen LogP contribution >= 0.6 is 0 Å². The van der Waals surface area contributed by atoms with Crippen molar-refractivity contribution in [3.8, 4) is 0 Å². The Morgan fingerprint density at radius 2 is 2.09 bits per heavy atom. The number of nitrogen functional groups attached to an aromatic ring is 1. The van der Waals surface area contributed by atoms with Crippen molar-refractivity contribution in [1.82, 2.24) is 19.5 Å². The van der Waals surface area contributed by atoms with Gasteiger partial charge in [0.05, 0.1) is 12.9 Å². The molecule has 0 bridgehead atoms. The third-order valence-electron chi connectivity index (χ3n) is 3.55. The van der Waals surface area contributed by atoms with Gasteiger partial charge in [-0.2, -0.15) is 9.97 Å². The summed E-state index contributed by atoms with van der Waals surface area (Å²) in [5.41, 5.74) is 6.34. The van der Waals surface area contributed by atoms with Gasteiger partial charge in [-0.05, 0) is 0 Å². The Hall–Kier alpha value is -2.05. The fraction of sp³-hybridized carbons (Fsp3) is 0.545. The number of rotatable bonds is 3. The van der Waals surface area contributed by atoms with Crippen LogP contribution in [-0.2, 0) is 4.74 Å². The first-order valence-electron chi connectivity index (χ1n) is 6.55. The SMILES string of the molecule is CN(N)c1nc(N)nc2c1ncn2[C@@H]1O[C@H](CO)C(O)C1O. The molecule has 0 aliphatic carbocycles. The Bertz CT molecular complexity index is 690. The van der Waals surface area contributed by atoms with Crippen molar-refractivity contribution in [2.45, 2.75) is 24.5 Å². The van der Waals surface area contributed by atoms with Gasteiger partial charge in [0.2, 0.25) is 5.95 Å². The first-order chi connectivity index (χ1) is 10.4. The molecule has 1 saturated heterocycles. The van der Waals surface area contributed by atoms with Crippen LogP contribution in [-0.4, -0.2) is 66.8 Å². The van der Waals surface area contributed by atoms with Crippen molar-refractivity contribution >= 4 is 22.9 Å². The molecule has 4 atom stereocenters. The number of aliphatic hydroxyl groups excluding tert-OH is 3. The number of ether oxygens (including phenoxy) is 1. The van der Waals surface area contributed by atoms with E-state index in [4.69, 9.17) is 21.4 Å². The lowest BCUT2D eigenvalue weighted by Gasteiger charge is -2.17. The minimum Gasteiger partial charge on any atom is -0.394 e. The molecule has 7 N–H and O–H groups in total. The Morgan fingerprint density at radius 1 is 1.36 bits per heavy atom. The van der Waals surface area contributed by atoms with E-state index in [2.05, 4.69) is 15.0 Å². The van der Waals surface area contributed by atoms with E-state index in [0.717, 1.165) is 0 Å². The van der Waals surface area contributed by atoms with Crippen LogP contribution in [0.5, 0.6) is 0 Å². The van der Waals surface area contributed by atoms with E-state index in [1.807, 2.05) is 0 Å². The van der Waals surface area contributed by atoms with Crippen LogP contribution in [0, 0.1) is 0 Å². The van der Waals surface area contributed by atoms with Gasteiger partial charge in [-0.1, -0.05) is 0 Å². The number of imidazole rings is 1. The number of hydrogen-bond acceptors (Lipinski definition) is 10. The maximum Gasteiger partial charge on any atom is 0.224 e. The number of hydrogen-bond donors (Lipinski definition) is 5. The zero-order chi connectivity index (χ0) is 16.0. The molecule has 3 rings (SSSR count). The van der Waals surface area contributed by atoms with E-state index in [0.29, 0.717) is 17.0 Å². The minimum absolute atomic E-state index is 0.0201. The van der Waals surface area contributed by atoms with Gasteiger partial charge in [-0.15, -0.1) is 0 Å². The second-order valence-corrected chi connectivity index (χ2v) is 5.07. The largest absolute Gasteiger partial charge is 0.394 e. The van der Waals surface area contributed by atoms with Crippen molar-refractivity contribution in [3.63, 3.8) is 0 Å². The van der Waals surface area contributed by atoms with E-state index in [9.17, 15) is 10.2 Å². The predicted molar refractivity (Wildman–Crippen MR) is 75.3 cm³/mol. The second-order valence-electron chi connectivity index (χ2n) is 5.07. The normalized spacial score (nSPS) is 28.4. The molecule has 3 heterocycles. The van der Waals surface area contributed by atoms with Crippen molar-refractivity contribution < 1.29 is 20.1 Å². The van der Waals surface area contributed by atoms with Gasteiger partial charge < -0.3 is 25.8 Å². The number of fused-ring (bicyclic) bond motifs is 1. The fourth-order valence-electron chi connectivity index (χ4n) is 2.46. The summed E-state index contributed by atoms with van der Waals surface area (Å²) < 4.78 is 6.88. The van der Waals surface area contributed by atoms with Gasteiger partial charge in [0.25, 0.3) is 0 Å². The number of aromatic nitrogens is 4. The first kappa shape index (κ1) is 14.9. The lowest BCUT2D eigenvalue weighted by Crippen LogP contribution is -2.33. The van der Waals surface area contributed by atoms with Gasteiger partial charge in [0, 0.05) is 7.05 Å². The number of nitrogens with zero attached hydrogens (tertiary/aromatic N) is 5. The summed E-state index contributed by atoms with van der Waals surface area (Å²) in [6.07, 6.45) is -2.93. The van der Waals surface area contributed by atoms with Gasteiger partial charge in [-0.3, -0.25) is 9.58 Å². The summed E-state index contributed by atoms with van der Waals surface area (Å²) in [7, 11) is 1.58. The maximum atomic E-state index is 10.1. The van der Waals surface area contributed by atoms with Gasteiger partial charge in [0.15, 0.2) is 23.2 Å². The molecular weight excluding hydrogens is 294 g/mol. The van der Waals surface area contributed by atoms with E-state index < -0.39 is 31.1 Å². The molecule has 1 fully saturated rings. The quantitative estimate of drug-likeness (QED) is 0.297. The molecule has 1 aliphatic rings. The van der Waals surface area contributed by atoms with E-state index >= 15 is 0 Å². The highest BCUT2D eigenvalue weighted by Crippen LogP contribution is 2.32. The van der Waals surface area contributed by atoms with Crippen LogP contribution in [0.15, 0.2) is 6.33 Å². The number of nitrogens with two attached hydrogens (primary N) is 2. The Balaban J connectivity index is 2.09. The summed E-state index contributed by atoms with van der Waals surface area (Å²) in [5, 5.41) is 30.3. The highest BCUT2D eigenvalue weighted by Gasteiger charge is 2.44. The molecule has 2 aromatic heterocycles. The molecule has 0 amide bonds. The third-order valence-corrected chi connectivity index (χ3v) is 3.55. The third kappa shape index (κ3) is 2.15. The Morgan fingerprint density at radius 3 is 2.68 bits per heavy atom. The molecule has 2 unspecified atom stereocenters. The van der Waals surface area contributed by atoms with Crippen molar-refractivity contribution in [3.05, 3.63) is 6.33 Å². The van der Waals surface area contributed by atoms with Crippen molar-refractivity contribution in [2.75, 3.05) is 24.4 Å². The molecule has 1 aliphatic heterocycles. The monoisotopic (exact) mass is 311 g/mol. The lowest BCUT2D eigenvalue weighted by atomic mass is 10.1. The molecule has 120 valence electrons. The van der Waals surface area contributed by atoms with Crippen LogP contribution in [0.25, 0.3) is 11.2 Å². The van der Waals surface area contributed by atoms with Gasteiger partial charge >= 0.3 is 0 Å². The van der Waals surface area contributed by atoms with Crippen LogP contribution in [0.2, 0.25) is 0 Å². The first-order valence-corrected chi connectivity index (χ1v) is 6.55. The molecular formula is C11H17N7O4. The minimum atomic E-state index is -1.25. The van der Waals surface area contributed by atoms with E-state index in [1.54, 1.807) is 7.05 Å². The Labute approximate surface area is 124 Å². The number of aliphatic hydroxyl groups is 3. The standard InChI is InChI=1S/C11H17N7O4/c1-17(13)8-5-9(16-11(12)15-8)18(3-14-5)10-7(21)6(20)4(2-19)22-10/h3-4,6-7,10,19-21H,2,13H2,1H3,(H2,12,15,16)/t4-,6?,7?,10-/m1/s1. The summed E-state index contributed by atoms with van der Waals surface area (Å²) in [4.78, 5) is 12.2. The summed E-state index contributed by atoms with van der Waals surface area (Å²) in [6.45, 7) is -0.421. The molecule has 0 spiro atoms. The summed E-state index contributed by atoms with van der Waals surface area (Å²) in [6, 6.07) is 0. The number of anilines is 2. The van der Waals surface area contributed by atoms with Crippen molar-refractivity contribution in [1.29, 1.82) is 0 Å². The lowest BCUT2D eigenvalue weighted by molar-refractivity contribution is -0.0511. The smallest absolute Gasteiger partial charge is 0.224 e. The zero-order valence-corrected chi connectivity index (χ0v) is 11.7. The van der Waals surface area contributed by atoms with Gasteiger partial charge in [-0.25, -0.2) is 10.8 Å². The predicted octanol–water partition coefficient (Wildman–Crippen LogP) is -2.67. The molecule has 0 saturated carbocycles.